The van der Waals surface area contributed by atoms with Gasteiger partial charge in [0, 0.05) is 31.7 Å². The highest BCUT2D eigenvalue weighted by Crippen LogP contribution is 2.34. The predicted octanol–water partition coefficient (Wildman–Crippen LogP) is 2.42. The molecule has 21 heavy (non-hydrogen) atoms. The van der Waals surface area contributed by atoms with Crippen LogP contribution in [-0.4, -0.2) is 38.2 Å². The van der Waals surface area contributed by atoms with Crippen LogP contribution >= 0.6 is 0 Å². The Morgan fingerprint density at radius 2 is 2.05 bits per heavy atom. The molecule has 1 N–H and O–H groups in total. The number of nitrogens with zero attached hydrogens (tertiary/aromatic N) is 1. The van der Waals surface area contributed by atoms with Crippen molar-refractivity contribution < 1.29 is 13.5 Å². The molecule has 0 amide bonds. The van der Waals surface area contributed by atoms with Crippen LogP contribution < -0.4 is 10.1 Å². The summed E-state index contributed by atoms with van der Waals surface area (Å²) in [7, 11) is 1.48. The summed E-state index contributed by atoms with van der Waals surface area (Å²) in [5, 5.41) is 3.31. The van der Waals surface area contributed by atoms with Crippen LogP contribution in [0.25, 0.3) is 0 Å². The van der Waals surface area contributed by atoms with Crippen molar-refractivity contribution in [2.45, 2.75) is 6.04 Å². The number of furan rings is 1. The summed E-state index contributed by atoms with van der Waals surface area (Å²) in [5.74, 6) is 0.697. The molecule has 2 heterocycles. The molecule has 0 unspecified atom stereocenters. The monoisotopic (exact) mass is 290 g/mol. The summed E-state index contributed by atoms with van der Waals surface area (Å²) in [6, 6.07) is 8.75. The second-order valence-electron chi connectivity index (χ2n) is 5.07. The van der Waals surface area contributed by atoms with Crippen LogP contribution in [0.15, 0.2) is 41.0 Å². The average Bonchev–Trinajstić information content (AvgIpc) is 3.04. The second-order valence-corrected chi connectivity index (χ2v) is 5.07. The van der Waals surface area contributed by atoms with Gasteiger partial charge in [0.2, 0.25) is 0 Å². The third-order valence-corrected chi connectivity index (χ3v) is 3.84. The number of hydrogen-bond acceptors (Lipinski definition) is 4. The second kappa shape index (κ2) is 6.28. The van der Waals surface area contributed by atoms with E-state index in [9.17, 15) is 4.39 Å². The highest BCUT2D eigenvalue weighted by atomic mass is 19.1. The first-order chi connectivity index (χ1) is 10.3. The van der Waals surface area contributed by atoms with Gasteiger partial charge in [-0.25, -0.2) is 4.39 Å². The van der Waals surface area contributed by atoms with E-state index in [1.165, 1.54) is 7.11 Å². The van der Waals surface area contributed by atoms with Crippen LogP contribution in [0.4, 0.5) is 4.39 Å². The van der Waals surface area contributed by atoms with Crippen molar-refractivity contribution in [2.75, 3.05) is 33.3 Å². The van der Waals surface area contributed by atoms with Gasteiger partial charge in [-0.2, -0.15) is 0 Å². The first kappa shape index (κ1) is 14.1. The number of benzene rings is 1. The first-order valence-corrected chi connectivity index (χ1v) is 7.12. The van der Waals surface area contributed by atoms with Gasteiger partial charge in [0.05, 0.1) is 19.4 Å². The maximum absolute atomic E-state index is 14.7. The largest absolute Gasteiger partial charge is 0.494 e. The molecule has 1 aromatic heterocycles. The smallest absolute Gasteiger partial charge is 0.170 e. The van der Waals surface area contributed by atoms with Crippen LogP contribution in [-0.2, 0) is 0 Å². The Morgan fingerprint density at radius 1 is 1.24 bits per heavy atom. The molecular formula is C16H19FN2O2. The number of hydrogen-bond donors (Lipinski definition) is 1. The van der Waals surface area contributed by atoms with Gasteiger partial charge < -0.3 is 14.5 Å². The Balaban J connectivity index is 2.03. The fourth-order valence-electron chi connectivity index (χ4n) is 2.81. The maximum Gasteiger partial charge on any atom is 0.170 e. The Kier molecular flexibility index (Phi) is 4.22. The molecule has 5 heteroatoms. The van der Waals surface area contributed by atoms with Crippen LogP contribution in [0.3, 0.4) is 0 Å². The van der Waals surface area contributed by atoms with Gasteiger partial charge in [-0.15, -0.1) is 0 Å². The van der Waals surface area contributed by atoms with E-state index in [-0.39, 0.29) is 17.6 Å². The standard InChI is InChI=1S/C16H19FN2O2/c1-20-13-5-2-4-12(15(13)17)16(14-6-3-11-21-14)19-9-7-18-8-10-19/h2-6,11,16,18H,7-10H2,1H3/t16-/m0/s1. The normalized spacial score (nSPS) is 17.6. The zero-order chi connectivity index (χ0) is 14.7. The number of halogens is 1. The Hall–Kier alpha value is -1.85. The third-order valence-electron chi connectivity index (χ3n) is 3.84. The summed E-state index contributed by atoms with van der Waals surface area (Å²) in [6.07, 6.45) is 1.63. The molecule has 1 aliphatic rings. The van der Waals surface area contributed by atoms with Crippen molar-refractivity contribution in [3.63, 3.8) is 0 Å². The van der Waals surface area contributed by atoms with Crippen molar-refractivity contribution in [1.82, 2.24) is 10.2 Å². The lowest BCUT2D eigenvalue weighted by atomic mass is 10.0. The minimum Gasteiger partial charge on any atom is -0.494 e. The van der Waals surface area contributed by atoms with E-state index < -0.39 is 0 Å². The molecule has 0 bridgehead atoms. The van der Waals surface area contributed by atoms with E-state index in [1.807, 2.05) is 18.2 Å². The van der Waals surface area contributed by atoms with E-state index in [0.29, 0.717) is 5.56 Å². The maximum atomic E-state index is 14.7. The first-order valence-electron chi connectivity index (χ1n) is 7.12. The Morgan fingerprint density at radius 3 is 2.71 bits per heavy atom. The zero-order valence-corrected chi connectivity index (χ0v) is 12.0. The van der Waals surface area contributed by atoms with Crippen molar-refractivity contribution in [3.05, 3.63) is 53.7 Å². The van der Waals surface area contributed by atoms with Crippen molar-refractivity contribution in [1.29, 1.82) is 0 Å². The average molecular weight is 290 g/mol. The lowest BCUT2D eigenvalue weighted by Gasteiger charge is -2.34. The SMILES string of the molecule is COc1cccc([C@@H](c2ccco2)N2CCNCC2)c1F. The molecule has 1 aromatic carbocycles. The van der Waals surface area contributed by atoms with E-state index >= 15 is 0 Å². The molecule has 112 valence electrons. The van der Waals surface area contributed by atoms with Gasteiger partial charge >= 0.3 is 0 Å². The fourth-order valence-corrected chi connectivity index (χ4v) is 2.81. The van der Waals surface area contributed by atoms with Crippen LogP contribution in [0.5, 0.6) is 5.75 Å². The lowest BCUT2D eigenvalue weighted by molar-refractivity contribution is 0.176. The molecule has 0 saturated carbocycles. The zero-order valence-electron chi connectivity index (χ0n) is 12.0. The van der Waals surface area contributed by atoms with Crippen LogP contribution in [0.1, 0.15) is 17.4 Å². The number of piperazine rings is 1. The molecule has 3 rings (SSSR count). The van der Waals surface area contributed by atoms with Crippen LogP contribution in [0.2, 0.25) is 0 Å². The number of methoxy groups -OCH3 is 1. The number of ether oxygens (including phenoxy) is 1. The minimum atomic E-state index is -0.320. The van der Waals surface area contributed by atoms with Gasteiger partial charge in [0.1, 0.15) is 5.76 Å². The predicted molar refractivity (Wildman–Crippen MR) is 77.9 cm³/mol. The highest BCUT2D eigenvalue weighted by Gasteiger charge is 2.29. The lowest BCUT2D eigenvalue weighted by Crippen LogP contribution is -2.45. The molecule has 0 spiro atoms. The van der Waals surface area contributed by atoms with Gasteiger partial charge in [-0.05, 0) is 18.2 Å². The van der Waals surface area contributed by atoms with Crippen LogP contribution in [0, 0.1) is 5.82 Å². The van der Waals surface area contributed by atoms with Crippen molar-refractivity contribution in [3.8, 4) is 5.75 Å². The quantitative estimate of drug-likeness (QED) is 0.938. The molecule has 4 nitrogen and oxygen atoms in total. The molecule has 2 aromatic rings. The summed E-state index contributed by atoms with van der Waals surface area (Å²) < 4.78 is 25.3. The van der Waals surface area contributed by atoms with E-state index in [2.05, 4.69) is 10.2 Å². The van der Waals surface area contributed by atoms with Gasteiger partial charge in [0.15, 0.2) is 11.6 Å². The molecule has 1 saturated heterocycles. The number of nitrogens with one attached hydrogen (secondary N) is 1. The molecular weight excluding hydrogens is 271 g/mol. The van der Waals surface area contributed by atoms with Crippen molar-refractivity contribution >= 4 is 0 Å². The molecule has 1 fully saturated rings. The van der Waals surface area contributed by atoms with Crippen molar-refractivity contribution in [2.24, 2.45) is 0 Å². The van der Waals surface area contributed by atoms with Gasteiger partial charge in [-0.1, -0.05) is 12.1 Å². The fraction of sp³-hybridized carbons (Fsp3) is 0.375. The minimum absolute atomic E-state index is 0.225. The summed E-state index contributed by atoms with van der Waals surface area (Å²) in [5.41, 5.74) is 0.589. The van der Waals surface area contributed by atoms with E-state index in [4.69, 9.17) is 9.15 Å². The molecule has 0 aliphatic carbocycles. The van der Waals surface area contributed by atoms with Gasteiger partial charge in [-0.3, -0.25) is 4.90 Å². The Labute approximate surface area is 123 Å². The van der Waals surface area contributed by atoms with E-state index in [0.717, 1.165) is 31.9 Å². The number of rotatable bonds is 4. The molecule has 1 aliphatic heterocycles. The van der Waals surface area contributed by atoms with E-state index in [1.54, 1.807) is 18.4 Å². The molecule has 0 radical (unpaired) electrons. The summed E-state index contributed by atoms with van der Waals surface area (Å²) in [6.45, 7) is 3.48. The van der Waals surface area contributed by atoms with Gasteiger partial charge in [0.25, 0.3) is 0 Å². The topological polar surface area (TPSA) is 37.6 Å². The molecule has 1 atom stereocenters. The Bertz CT molecular complexity index is 580. The summed E-state index contributed by atoms with van der Waals surface area (Å²) in [4.78, 5) is 2.23. The summed E-state index contributed by atoms with van der Waals surface area (Å²) >= 11 is 0. The third kappa shape index (κ3) is 2.80. The highest BCUT2D eigenvalue weighted by molar-refractivity contribution is 5.36.